The highest BCUT2D eigenvalue weighted by atomic mass is 16.2. The van der Waals surface area contributed by atoms with Crippen LogP contribution in [0.1, 0.15) is 46.0 Å². The maximum Gasteiger partial charge on any atom is 0.322 e. The minimum Gasteiger partial charge on any atom is -0.322 e. The Bertz CT molecular complexity index is 616. The second-order valence-electron chi connectivity index (χ2n) is 7.13. The van der Waals surface area contributed by atoms with Crippen molar-refractivity contribution in [2.75, 3.05) is 23.3 Å². The lowest BCUT2D eigenvalue weighted by Crippen LogP contribution is -2.42. The average Bonchev–Trinajstić information content (AvgIpc) is 2.90. The van der Waals surface area contributed by atoms with Gasteiger partial charge in [0.2, 0.25) is 5.91 Å². The van der Waals surface area contributed by atoms with E-state index in [-0.39, 0.29) is 18.0 Å². The molecule has 0 spiro atoms. The van der Waals surface area contributed by atoms with Crippen molar-refractivity contribution < 1.29 is 9.59 Å². The first-order valence-corrected chi connectivity index (χ1v) is 9.03. The quantitative estimate of drug-likeness (QED) is 0.896. The molecule has 1 aromatic carbocycles. The van der Waals surface area contributed by atoms with Crippen molar-refractivity contribution >= 4 is 23.3 Å². The predicted molar refractivity (Wildman–Crippen MR) is 96.2 cm³/mol. The summed E-state index contributed by atoms with van der Waals surface area (Å²) < 4.78 is 0. The molecule has 2 heterocycles. The third-order valence-electron chi connectivity index (χ3n) is 5.13. The van der Waals surface area contributed by atoms with Gasteiger partial charge >= 0.3 is 6.03 Å². The zero-order valence-corrected chi connectivity index (χ0v) is 14.6. The molecule has 24 heavy (non-hydrogen) atoms. The van der Waals surface area contributed by atoms with Crippen LogP contribution in [0.25, 0.3) is 0 Å². The fraction of sp³-hybridized carbons (Fsp3) is 0.579. The van der Waals surface area contributed by atoms with Crippen LogP contribution in [0.4, 0.5) is 16.2 Å². The molecule has 0 bridgehead atoms. The highest BCUT2D eigenvalue weighted by molar-refractivity contribution is 6.01. The van der Waals surface area contributed by atoms with E-state index in [1.54, 1.807) is 4.90 Å². The van der Waals surface area contributed by atoms with Crippen molar-refractivity contribution in [3.05, 3.63) is 24.3 Å². The number of benzene rings is 1. The maximum atomic E-state index is 12.8. The molecule has 0 aromatic heterocycles. The zero-order valence-electron chi connectivity index (χ0n) is 14.6. The van der Waals surface area contributed by atoms with Crippen molar-refractivity contribution in [3.8, 4) is 0 Å². The third kappa shape index (κ3) is 3.55. The van der Waals surface area contributed by atoms with Gasteiger partial charge in [-0.15, -0.1) is 0 Å². The minimum atomic E-state index is -0.0599. The standard InChI is InChI=1S/C19H27N3O2/c1-14-7-5-8-15(2)22(13-14)19(24)20-16-9-3-4-10-17(16)21-12-6-11-18(21)23/h3-4,9-10,14-15H,5-8,11-13H2,1-2H3,(H,20,24)/t14-,15+/m0/s1. The van der Waals surface area contributed by atoms with E-state index in [1.807, 2.05) is 29.2 Å². The van der Waals surface area contributed by atoms with Crippen molar-refractivity contribution in [2.24, 2.45) is 5.92 Å². The van der Waals surface area contributed by atoms with Gasteiger partial charge in [-0.1, -0.05) is 25.5 Å². The molecule has 0 radical (unpaired) electrons. The normalized spacial score (nSPS) is 24.8. The maximum absolute atomic E-state index is 12.8. The Labute approximate surface area is 144 Å². The molecule has 2 aliphatic heterocycles. The topological polar surface area (TPSA) is 52.7 Å². The van der Waals surface area contributed by atoms with E-state index in [0.29, 0.717) is 12.3 Å². The fourth-order valence-electron chi connectivity index (χ4n) is 3.71. The number of likely N-dealkylation sites (tertiary alicyclic amines) is 1. The molecule has 0 unspecified atom stereocenters. The fourth-order valence-corrected chi connectivity index (χ4v) is 3.71. The highest BCUT2D eigenvalue weighted by Crippen LogP contribution is 2.30. The van der Waals surface area contributed by atoms with E-state index in [1.165, 1.54) is 12.8 Å². The van der Waals surface area contributed by atoms with Crippen LogP contribution in [0, 0.1) is 5.92 Å². The number of rotatable bonds is 2. The van der Waals surface area contributed by atoms with Crippen LogP contribution in [0.3, 0.4) is 0 Å². The number of carbonyl (C=O) groups is 2. The lowest BCUT2D eigenvalue weighted by atomic mass is 10.1. The summed E-state index contributed by atoms with van der Waals surface area (Å²) in [5, 5.41) is 3.05. The molecule has 2 fully saturated rings. The minimum absolute atomic E-state index is 0.0599. The predicted octanol–water partition coefficient (Wildman–Crippen LogP) is 3.86. The Morgan fingerprint density at radius 2 is 1.96 bits per heavy atom. The Hall–Kier alpha value is -2.04. The number of amides is 3. The molecule has 0 saturated carbocycles. The molecule has 3 amide bonds. The van der Waals surface area contributed by atoms with Gasteiger partial charge in [0.05, 0.1) is 11.4 Å². The summed E-state index contributed by atoms with van der Waals surface area (Å²) in [6, 6.07) is 7.78. The summed E-state index contributed by atoms with van der Waals surface area (Å²) in [7, 11) is 0. The van der Waals surface area contributed by atoms with Crippen LogP contribution in [0.2, 0.25) is 0 Å². The molecule has 2 saturated heterocycles. The van der Waals surface area contributed by atoms with Gasteiger partial charge in [0, 0.05) is 25.6 Å². The van der Waals surface area contributed by atoms with Gasteiger partial charge < -0.3 is 15.1 Å². The van der Waals surface area contributed by atoms with Gasteiger partial charge in [-0.25, -0.2) is 4.79 Å². The van der Waals surface area contributed by atoms with E-state index in [0.717, 1.165) is 37.3 Å². The Balaban J connectivity index is 1.78. The van der Waals surface area contributed by atoms with E-state index < -0.39 is 0 Å². The lowest BCUT2D eigenvalue weighted by molar-refractivity contribution is -0.117. The Kier molecular flexibility index (Phi) is 5.07. The van der Waals surface area contributed by atoms with Crippen molar-refractivity contribution in [1.29, 1.82) is 0 Å². The average molecular weight is 329 g/mol. The van der Waals surface area contributed by atoms with E-state index in [2.05, 4.69) is 19.2 Å². The zero-order chi connectivity index (χ0) is 17.1. The van der Waals surface area contributed by atoms with E-state index in [9.17, 15) is 9.59 Å². The molecular formula is C19H27N3O2. The van der Waals surface area contributed by atoms with Gasteiger partial charge in [-0.05, 0) is 44.2 Å². The third-order valence-corrected chi connectivity index (χ3v) is 5.13. The summed E-state index contributed by atoms with van der Waals surface area (Å²) in [4.78, 5) is 28.6. The van der Waals surface area contributed by atoms with Gasteiger partial charge in [-0.3, -0.25) is 4.79 Å². The Morgan fingerprint density at radius 3 is 2.71 bits per heavy atom. The molecule has 2 aliphatic rings. The Morgan fingerprint density at radius 1 is 1.17 bits per heavy atom. The SMILES string of the molecule is C[C@H]1CCC[C@@H](C)N(C(=O)Nc2ccccc2N2CCCC2=O)C1. The van der Waals surface area contributed by atoms with Gasteiger partial charge in [0.15, 0.2) is 0 Å². The second kappa shape index (κ2) is 7.24. The lowest BCUT2D eigenvalue weighted by Gasteiger charge is -2.29. The largest absolute Gasteiger partial charge is 0.322 e. The number of hydrogen-bond acceptors (Lipinski definition) is 2. The van der Waals surface area contributed by atoms with E-state index >= 15 is 0 Å². The van der Waals surface area contributed by atoms with Crippen molar-refractivity contribution in [1.82, 2.24) is 4.90 Å². The smallest absolute Gasteiger partial charge is 0.322 e. The molecule has 0 aliphatic carbocycles. The number of nitrogens with zero attached hydrogens (tertiary/aromatic N) is 2. The molecular weight excluding hydrogens is 302 g/mol. The monoisotopic (exact) mass is 329 g/mol. The summed E-state index contributed by atoms with van der Waals surface area (Å²) in [6.07, 6.45) is 4.85. The van der Waals surface area contributed by atoms with Crippen LogP contribution in [-0.4, -0.2) is 36.0 Å². The second-order valence-corrected chi connectivity index (χ2v) is 7.13. The molecule has 2 atom stereocenters. The van der Waals surface area contributed by atoms with Crippen LogP contribution in [-0.2, 0) is 4.79 Å². The summed E-state index contributed by atoms with van der Waals surface area (Å²) >= 11 is 0. The van der Waals surface area contributed by atoms with Crippen molar-refractivity contribution in [3.63, 3.8) is 0 Å². The van der Waals surface area contributed by atoms with Crippen LogP contribution in [0.5, 0.6) is 0 Å². The number of anilines is 2. The van der Waals surface area contributed by atoms with Crippen molar-refractivity contribution in [2.45, 2.75) is 52.0 Å². The number of para-hydroxylation sites is 2. The van der Waals surface area contributed by atoms with Crippen LogP contribution in [0.15, 0.2) is 24.3 Å². The molecule has 1 N–H and O–H groups in total. The first kappa shape index (κ1) is 16.8. The highest BCUT2D eigenvalue weighted by Gasteiger charge is 2.27. The van der Waals surface area contributed by atoms with Gasteiger partial charge in [-0.2, -0.15) is 0 Å². The molecule has 1 aromatic rings. The molecule has 130 valence electrons. The number of hydrogen-bond donors (Lipinski definition) is 1. The summed E-state index contributed by atoms with van der Waals surface area (Å²) in [5.74, 6) is 0.657. The van der Waals surface area contributed by atoms with Gasteiger partial charge in [0.1, 0.15) is 0 Å². The first-order chi connectivity index (χ1) is 11.6. The molecule has 3 rings (SSSR count). The van der Waals surface area contributed by atoms with Gasteiger partial charge in [0.25, 0.3) is 0 Å². The summed E-state index contributed by atoms with van der Waals surface area (Å²) in [6.45, 7) is 5.84. The van der Waals surface area contributed by atoms with Crippen LogP contribution >= 0.6 is 0 Å². The van der Waals surface area contributed by atoms with Crippen LogP contribution < -0.4 is 10.2 Å². The summed E-state index contributed by atoms with van der Waals surface area (Å²) in [5.41, 5.74) is 1.53. The number of carbonyl (C=O) groups excluding carboxylic acids is 2. The molecule has 5 heteroatoms. The number of nitrogens with one attached hydrogen (secondary N) is 1. The van der Waals surface area contributed by atoms with E-state index in [4.69, 9.17) is 0 Å². The first-order valence-electron chi connectivity index (χ1n) is 9.03. The molecule has 5 nitrogen and oxygen atoms in total. The number of urea groups is 1.